The van der Waals surface area contributed by atoms with Crippen molar-refractivity contribution in [3.8, 4) is 11.5 Å². The normalized spacial score (nSPS) is 13.9. The van der Waals surface area contributed by atoms with Crippen molar-refractivity contribution in [2.24, 2.45) is 0 Å². The molecule has 2 aromatic carbocycles. The Morgan fingerprint density at radius 2 is 1.07 bits per heavy atom. The van der Waals surface area contributed by atoms with Gasteiger partial charge < -0.3 is 18.9 Å². The number of methoxy groups -OCH3 is 2. The van der Waals surface area contributed by atoms with E-state index in [1.807, 2.05) is 26.0 Å². The number of hydrogen-bond acceptors (Lipinski definition) is 4. The first-order valence-electron chi connectivity index (χ1n) is 9.30. The molecule has 0 aromatic heterocycles. The molecular formula is C23H32O4. The van der Waals surface area contributed by atoms with Crippen LogP contribution in [0.4, 0.5) is 0 Å². The molecule has 0 aliphatic carbocycles. The minimum absolute atomic E-state index is 0.148. The number of rotatable bonds is 8. The van der Waals surface area contributed by atoms with E-state index < -0.39 is 0 Å². The van der Waals surface area contributed by atoms with Crippen LogP contribution in [0.1, 0.15) is 49.9 Å². The summed E-state index contributed by atoms with van der Waals surface area (Å²) in [4.78, 5) is 0. The predicted octanol–water partition coefficient (Wildman–Crippen LogP) is 5.37. The molecule has 0 fully saturated rings. The lowest BCUT2D eigenvalue weighted by Crippen LogP contribution is -2.22. The van der Waals surface area contributed by atoms with E-state index in [9.17, 15) is 0 Å². The van der Waals surface area contributed by atoms with Gasteiger partial charge in [-0.25, -0.2) is 0 Å². The maximum absolute atomic E-state index is 5.75. The Balaban J connectivity index is 2.32. The molecule has 0 aliphatic rings. The first kappa shape index (κ1) is 21.3. The van der Waals surface area contributed by atoms with Gasteiger partial charge in [-0.1, -0.05) is 26.0 Å². The lowest BCUT2D eigenvalue weighted by Gasteiger charge is -2.30. The molecular weight excluding hydrogens is 340 g/mol. The molecule has 4 heteroatoms. The van der Waals surface area contributed by atoms with Gasteiger partial charge in [-0.05, 0) is 74.2 Å². The molecule has 2 unspecified atom stereocenters. The van der Waals surface area contributed by atoms with Gasteiger partial charge in [0.25, 0.3) is 0 Å². The van der Waals surface area contributed by atoms with Crippen LogP contribution in [0.3, 0.4) is 0 Å². The third-order valence-corrected chi connectivity index (χ3v) is 5.01. The van der Waals surface area contributed by atoms with Crippen molar-refractivity contribution in [1.29, 1.82) is 0 Å². The Morgan fingerprint density at radius 3 is 1.37 bits per heavy atom. The largest absolute Gasteiger partial charge is 0.465 e. The summed E-state index contributed by atoms with van der Waals surface area (Å²) in [5.41, 5.74) is 4.76. The van der Waals surface area contributed by atoms with Gasteiger partial charge in [0.2, 0.25) is 0 Å². The lowest BCUT2D eigenvalue weighted by atomic mass is 9.74. The van der Waals surface area contributed by atoms with E-state index in [2.05, 4.69) is 52.0 Å². The second-order valence-electron chi connectivity index (χ2n) is 7.42. The third kappa shape index (κ3) is 5.02. The SMILES string of the molecule is COC(C)Oc1ccc(C(C)(C)c2ccc(OC(C)OC)cc2C)c(C)c1. The Labute approximate surface area is 163 Å². The van der Waals surface area contributed by atoms with E-state index in [-0.39, 0.29) is 18.0 Å². The van der Waals surface area contributed by atoms with E-state index in [0.717, 1.165) is 11.5 Å². The van der Waals surface area contributed by atoms with Crippen LogP contribution in [0.2, 0.25) is 0 Å². The molecule has 0 heterocycles. The van der Waals surface area contributed by atoms with Crippen LogP contribution >= 0.6 is 0 Å². The molecule has 0 N–H and O–H groups in total. The molecule has 0 aliphatic heterocycles. The van der Waals surface area contributed by atoms with E-state index in [1.165, 1.54) is 22.3 Å². The quantitative estimate of drug-likeness (QED) is 0.584. The zero-order chi connectivity index (χ0) is 20.2. The van der Waals surface area contributed by atoms with E-state index in [0.29, 0.717) is 0 Å². The van der Waals surface area contributed by atoms with E-state index in [1.54, 1.807) is 14.2 Å². The fourth-order valence-corrected chi connectivity index (χ4v) is 3.45. The highest BCUT2D eigenvalue weighted by atomic mass is 16.7. The van der Waals surface area contributed by atoms with Gasteiger partial charge in [0.15, 0.2) is 12.6 Å². The van der Waals surface area contributed by atoms with Crippen LogP contribution in [0.5, 0.6) is 11.5 Å². The standard InChI is InChI=1S/C23H32O4/c1-15-13-19(26-17(3)24-7)9-11-21(15)23(5,6)22-12-10-20(14-16(22)2)27-18(4)25-8/h9-14,17-18H,1-8H3. The van der Waals surface area contributed by atoms with Crippen LogP contribution in [-0.4, -0.2) is 26.8 Å². The molecule has 0 amide bonds. The zero-order valence-electron chi connectivity index (χ0n) is 17.8. The Hall–Kier alpha value is -2.04. The smallest absolute Gasteiger partial charge is 0.196 e. The van der Waals surface area contributed by atoms with Crippen molar-refractivity contribution in [2.75, 3.05) is 14.2 Å². The molecule has 148 valence electrons. The maximum Gasteiger partial charge on any atom is 0.196 e. The van der Waals surface area contributed by atoms with E-state index in [4.69, 9.17) is 18.9 Å². The molecule has 0 saturated heterocycles. The first-order valence-corrected chi connectivity index (χ1v) is 9.30. The summed E-state index contributed by atoms with van der Waals surface area (Å²) in [5.74, 6) is 1.63. The average molecular weight is 373 g/mol. The first-order chi connectivity index (χ1) is 12.7. The minimum Gasteiger partial charge on any atom is -0.465 e. The van der Waals surface area contributed by atoms with Crippen LogP contribution in [0, 0.1) is 13.8 Å². The number of hydrogen-bond donors (Lipinski definition) is 0. The highest BCUT2D eigenvalue weighted by Crippen LogP contribution is 2.37. The third-order valence-electron chi connectivity index (χ3n) is 5.01. The zero-order valence-corrected chi connectivity index (χ0v) is 17.8. The van der Waals surface area contributed by atoms with Gasteiger partial charge in [-0.15, -0.1) is 0 Å². The summed E-state index contributed by atoms with van der Waals surface area (Å²) < 4.78 is 21.9. The summed E-state index contributed by atoms with van der Waals surface area (Å²) in [6, 6.07) is 12.4. The van der Waals surface area contributed by atoms with E-state index >= 15 is 0 Å². The molecule has 2 rings (SSSR count). The summed E-state index contributed by atoms with van der Waals surface area (Å²) in [6.07, 6.45) is -0.542. The number of ether oxygens (including phenoxy) is 4. The summed E-state index contributed by atoms with van der Waals surface area (Å²) in [5, 5.41) is 0. The van der Waals surface area contributed by atoms with Gasteiger partial charge in [-0.2, -0.15) is 0 Å². The molecule has 0 saturated carbocycles. The van der Waals surface area contributed by atoms with Crippen molar-refractivity contribution in [3.05, 3.63) is 58.7 Å². The van der Waals surface area contributed by atoms with Gasteiger partial charge in [-0.3, -0.25) is 0 Å². The summed E-state index contributed by atoms with van der Waals surface area (Å²) >= 11 is 0. The van der Waals surface area contributed by atoms with Crippen molar-refractivity contribution in [1.82, 2.24) is 0 Å². The van der Waals surface area contributed by atoms with Crippen LogP contribution in [-0.2, 0) is 14.9 Å². The highest BCUT2D eigenvalue weighted by Gasteiger charge is 2.27. The molecule has 2 atom stereocenters. The monoisotopic (exact) mass is 372 g/mol. The minimum atomic E-state index is -0.271. The molecule has 0 bridgehead atoms. The fourth-order valence-electron chi connectivity index (χ4n) is 3.45. The average Bonchev–Trinajstić information content (AvgIpc) is 2.61. The molecule has 4 nitrogen and oxygen atoms in total. The molecule has 27 heavy (non-hydrogen) atoms. The molecule has 2 aromatic rings. The highest BCUT2D eigenvalue weighted by molar-refractivity contribution is 5.49. The van der Waals surface area contributed by atoms with Gasteiger partial charge in [0, 0.05) is 19.6 Å². The number of benzene rings is 2. The Bertz CT molecular complexity index is 703. The summed E-state index contributed by atoms with van der Waals surface area (Å²) in [6.45, 7) is 12.5. The number of aryl methyl sites for hydroxylation is 2. The van der Waals surface area contributed by atoms with Crippen LogP contribution < -0.4 is 9.47 Å². The fraction of sp³-hybridized carbons (Fsp3) is 0.478. The van der Waals surface area contributed by atoms with Crippen LogP contribution in [0.15, 0.2) is 36.4 Å². The van der Waals surface area contributed by atoms with Gasteiger partial charge in [0.05, 0.1) is 0 Å². The predicted molar refractivity (Wildman–Crippen MR) is 109 cm³/mol. The second kappa shape index (κ2) is 8.77. The van der Waals surface area contributed by atoms with Crippen LogP contribution in [0.25, 0.3) is 0 Å². The lowest BCUT2D eigenvalue weighted by molar-refractivity contribution is -0.0385. The van der Waals surface area contributed by atoms with Gasteiger partial charge in [0.1, 0.15) is 11.5 Å². The topological polar surface area (TPSA) is 36.9 Å². The van der Waals surface area contributed by atoms with Crippen molar-refractivity contribution in [2.45, 2.75) is 59.5 Å². The molecule has 0 radical (unpaired) electrons. The Morgan fingerprint density at radius 1 is 0.704 bits per heavy atom. The van der Waals surface area contributed by atoms with Crippen molar-refractivity contribution in [3.63, 3.8) is 0 Å². The molecule has 0 spiro atoms. The van der Waals surface area contributed by atoms with Gasteiger partial charge >= 0.3 is 0 Å². The van der Waals surface area contributed by atoms with Crippen molar-refractivity contribution >= 4 is 0 Å². The Kier molecular flexibility index (Phi) is 6.90. The van der Waals surface area contributed by atoms with Crippen molar-refractivity contribution < 1.29 is 18.9 Å². The maximum atomic E-state index is 5.75. The summed E-state index contributed by atoms with van der Waals surface area (Å²) in [7, 11) is 3.27. The second-order valence-corrected chi connectivity index (χ2v) is 7.42.